The van der Waals surface area contributed by atoms with E-state index in [0.29, 0.717) is 6.42 Å². The van der Waals surface area contributed by atoms with Crippen molar-refractivity contribution in [3.8, 4) is 0 Å². The summed E-state index contributed by atoms with van der Waals surface area (Å²) in [7, 11) is 3.91. The van der Waals surface area contributed by atoms with Gasteiger partial charge in [-0.3, -0.25) is 0 Å². The van der Waals surface area contributed by atoms with Gasteiger partial charge in [0.2, 0.25) is 0 Å². The van der Waals surface area contributed by atoms with E-state index in [1.807, 2.05) is 43.3 Å². The molecule has 1 aliphatic carbocycles. The maximum atomic E-state index is 11.2. The minimum atomic E-state index is -0.977. The molecular formula is C16H19NO3. The third kappa shape index (κ3) is 1.96. The number of nitrogens with zero attached hydrogens (tertiary/aromatic N) is 1. The Morgan fingerprint density at radius 3 is 2.60 bits per heavy atom. The van der Waals surface area contributed by atoms with Gasteiger partial charge in [0.25, 0.3) is 6.29 Å². The second-order valence-corrected chi connectivity index (χ2v) is 5.35. The number of likely N-dealkylation sites (N-methyl/N-ethyl adjacent to an activating group) is 1. The van der Waals surface area contributed by atoms with Crippen LogP contribution in [0.5, 0.6) is 0 Å². The average Bonchev–Trinajstić information content (AvgIpc) is 3.08. The number of benzene rings is 1. The molecule has 0 fully saturated rings. The van der Waals surface area contributed by atoms with Gasteiger partial charge in [-0.1, -0.05) is 30.3 Å². The lowest BCUT2D eigenvalue weighted by Gasteiger charge is -2.33. The Morgan fingerprint density at radius 2 is 1.90 bits per heavy atom. The number of allylic oxidation sites excluding steroid dienone is 1. The van der Waals surface area contributed by atoms with Crippen LogP contribution in [0.3, 0.4) is 0 Å². The first kappa shape index (κ1) is 13.1. The molecule has 20 heavy (non-hydrogen) atoms. The van der Waals surface area contributed by atoms with Crippen molar-refractivity contribution < 1.29 is 14.6 Å². The molecule has 4 heteroatoms. The number of hydrogen-bond acceptors (Lipinski definition) is 4. The topological polar surface area (TPSA) is 41.9 Å². The molecule has 0 spiro atoms. The van der Waals surface area contributed by atoms with Gasteiger partial charge in [-0.05, 0) is 12.8 Å². The molecule has 4 nitrogen and oxygen atoms in total. The molecule has 1 aromatic rings. The van der Waals surface area contributed by atoms with Gasteiger partial charge in [0.1, 0.15) is 18.1 Å². The second kappa shape index (κ2) is 4.87. The third-order valence-corrected chi connectivity index (χ3v) is 3.87. The number of rotatable bonds is 3. The van der Waals surface area contributed by atoms with Crippen LogP contribution in [-0.4, -0.2) is 24.1 Å². The van der Waals surface area contributed by atoms with Crippen LogP contribution in [0.15, 0.2) is 48.6 Å². The highest BCUT2D eigenvalue weighted by molar-refractivity contribution is 5.41. The number of aliphatic hydroxyl groups is 1. The van der Waals surface area contributed by atoms with E-state index in [4.69, 9.17) is 9.47 Å². The molecule has 3 rings (SSSR count). The average molecular weight is 273 g/mol. The smallest absolute Gasteiger partial charge is 0.266 e. The van der Waals surface area contributed by atoms with E-state index in [1.54, 1.807) is 0 Å². The minimum Gasteiger partial charge on any atom is -0.455 e. The van der Waals surface area contributed by atoms with Gasteiger partial charge >= 0.3 is 0 Å². The Balaban J connectivity index is 2.04. The SMILES string of the molecule is CN(C)C1=CCCC1(O)c1ccccc1C1OC=CO1. The van der Waals surface area contributed by atoms with Gasteiger partial charge in [0.15, 0.2) is 0 Å². The predicted octanol–water partition coefficient (Wildman–Crippen LogP) is 2.63. The van der Waals surface area contributed by atoms with Gasteiger partial charge in [0.05, 0.1) is 0 Å². The van der Waals surface area contributed by atoms with E-state index in [2.05, 4.69) is 6.08 Å². The van der Waals surface area contributed by atoms with Crippen molar-refractivity contribution in [3.63, 3.8) is 0 Å². The standard InChI is InChI=1S/C16H19NO3/c1-17(2)14-8-5-9-16(14,18)13-7-4-3-6-12(13)15-19-10-11-20-15/h3-4,6-8,10-11,15,18H,5,9H2,1-2H3. The summed E-state index contributed by atoms with van der Waals surface area (Å²) in [5, 5.41) is 11.2. The maximum absolute atomic E-state index is 11.2. The minimum absolute atomic E-state index is 0.473. The quantitative estimate of drug-likeness (QED) is 0.919. The Bertz CT molecular complexity index is 557. The lowest BCUT2D eigenvalue weighted by Crippen LogP contribution is -2.33. The summed E-state index contributed by atoms with van der Waals surface area (Å²) in [6.45, 7) is 0. The molecule has 1 unspecified atom stereocenters. The van der Waals surface area contributed by atoms with Crippen LogP contribution >= 0.6 is 0 Å². The van der Waals surface area contributed by atoms with Crippen LogP contribution in [0.1, 0.15) is 30.3 Å². The zero-order valence-corrected chi connectivity index (χ0v) is 11.7. The highest BCUT2D eigenvalue weighted by atomic mass is 16.7. The van der Waals surface area contributed by atoms with Crippen molar-refractivity contribution in [2.45, 2.75) is 24.7 Å². The van der Waals surface area contributed by atoms with E-state index < -0.39 is 11.9 Å². The molecule has 0 saturated heterocycles. The summed E-state index contributed by atoms with van der Waals surface area (Å²) in [5.41, 5.74) is 1.67. The highest BCUT2D eigenvalue weighted by Gasteiger charge is 2.41. The van der Waals surface area contributed by atoms with Crippen LogP contribution in [0, 0.1) is 0 Å². The Hall–Kier alpha value is -1.94. The molecule has 0 saturated carbocycles. The second-order valence-electron chi connectivity index (χ2n) is 5.35. The first-order valence-corrected chi connectivity index (χ1v) is 6.78. The van der Waals surface area contributed by atoms with Crippen LogP contribution < -0.4 is 0 Å². The van der Waals surface area contributed by atoms with Crippen LogP contribution in [0.2, 0.25) is 0 Å². The summed E-state index contributed by atoms with van der Waals surface area (Å²) in [5.74, 6) is 0. The monoisotopic (exact) mass is 273 g/mol. The lowest BCUT2D eigenvalue weighted by molar-refractivity contribution is -0.0302. The first-order chi connectivity index (χ1) is 9.63. The zero-order chi connectivity index (χ0) is 14.2. The summed E-state index contributed by atoms with van der Waals surface area (Å²) in [4.78, 5) is 1.97. The first-order valence-electron chi connectivity index (χ1n) is 6.78. The van der Waals surface area contributed by atoms with Gasteiger partial charge in [-0.2, -0.15) is 0 Å². The van der Waals surface area contributed by atoms with Crippen molar-refractivity contribution in [3.05, 3.63) is 59.7 Å². The van der Waals surface area contributed by atoms with E-state index in [1.165, 1.54) is 12.5 Å². The van der Waals surface area contributed by atoms with Crippen LogP contribution in [0.4, 0.5) is 0 Å². The maximum Gasteiger partial charge on any atom is 0.266 e. The van der Waals surface area contributed by atoms with Crippen molar-refractivity contribution in [1.82, 2.24) is 4.90 Å². The normalized spacial score (nSPS) is 25.2. The van der Waals surface area contributed by atoms with Gasteiger partial charge in [-0.25, -0.2) is 0 Å². The molecule has 0 amide bonds. The fraction of sp³-hybridized carbons (Fsp3) is 0.375. The van der Waals surface area contributed by atoms with E-state index >= 15 is 0 Å². The van der Waals surface area contributed by atoms with E-state index in [0.717, 1.165) is 23.2 Å². The van der Waals surface area contributed by atoms with Crippen LogP contribution in [0.25, 0.3) is 0 Å². The summed E-state index contributed by atoms with van der Waals surface area (Å²) < 4.78 is 10.9. The third-order valence-electron chi connectivity index (χ3n) is 3.87. The summed E-state index contributed by atoms with van der Waals surface area (Å²) in [6, 6.07) is 7.76. The molecule has 0 aromatic heterocycles. The van der Waals surface area contributed by atoms with Crippen molar-refractivity contribution in [1.29, 1.82) is 0 Å². The Morgan fingerprint density at radius 1 is 1.20 bits per heavy atom. The number of hydrogen-bond donors (Lipinski definition) is 1. The van der Waals surface area contributed by atoms with Crippen LogP contribution in [-0.2, 0) is 15.1 Å². The molecule has 1 aromatic carbocycles. The van der Waals surface area contributed by atoms with E-state index in [9.17, 15) is 5.11 Å². The highest BCUT2D eigenvalue weighted by Crippen LogP contribution is 2.44. The fourth-order valence-corrected chi connectivity index (χ4v) is 3.00. The summed E-state index contributed by atoms with van der Waals surface area (Å²) in [6.07, 6.45) is 6.22. The van der Waals surface area contributed by atoms with Crippen molar-refractivity contribution in [2.75, 3.05) is 14.1 Å². The molecule has 1 heterocycles. The molecule has 1 aliphatic heterocycles. The fourth-order valence-electron chi connectivity index (χ4n) is 3.00. The van der Waals surface area contributed by atoms with Gasteiger partial charge < -0.3 is 19.5 Å². The lowest BCUT2D eigenvalue weighted by atomic mass is 9.86. The van der Waals surface area contributed by atoms with Crippen molar-refractivity contribution in [2.24, 2.45) is 0 Å². The molecule has 0 radical (unpaired) electrons. The van der Waals surface area contributed by atoms with Crippen molar-refractivity contribution >= 4 is 0 Å². The molecule has 1 N–H and O–H groups in total. The van der Waals surface area contributed by atoms with Gasteiger partial charge in [0, 0.05) is 30.9 Å². The van der Waals surface area contributed by atoms with Gasteiger partial charge in [-0.15, -0.1) is 0 Å². The Kier molecular flexibility index (Phi) is 3.18. The number of ether oxygens (including phenoxy) is 2. The molecule has 1 atom stereocenters. The predicted molar refractivity (Wildman–Crippen MR) is 75.4 cm³/mol. The Labute approximate surface area is 118 Å². The molecular weight excluding hydrogens is 254 g/mol. The molecule has 106 valence electrons. The van der Waals surface area contributed by atoms with E-state index in [-0.39, 0.29) is 0 Å². The summed E-state index contributed by atoms with van der Waals surface area (Å²) >= 11 is 0. The largest absolute Gasteiger partial charge is 0.455 e. The molecule has 0 bridgehead atoms. The molecule has 2 aliphatic rings. The zero-order valence-electron chi connectivity index (χ0n) is 11.7.